The van der Waals surface area contributed by atoms with E-state index in [0.29, 0.717) is 56.6 Å². The molecule has 0 spiro atoms. The molecule has 0 bridgehead atoms. The van der Waals surface area contributed by atoms with Crippen molar-refractivity contribution in [2.45, 2.75) is 13.1 Å². The number of fused-ring (bicyclic) bond motifs is 6. The predicted molar refractivity (Wildman–Crippen MR) is 201 cm³/mol. The SMILES string of the molecule is COc1ccc2c(c1)c1cc(OC)ccc1n2-c1cc(C#N)cc(-n2c3ccc(OC)cc3c3cc(OC)ccc32)c1-c1cc(C)cc(C(F)(F)F)c1. The normalized spacial score (nSPS) is 11.8. The number of hydrogen-bond acceptors (Lipinski definition) is 5. The van der Waals surface area contributed by atoms with Crippen LogP contribution in [0, 0.1) is 18.3 Å². The average molecular weight is 712 g/mol. The molecule has 0 aliphatic rings. The van der Waals surface area contributed by atoms with E-state index >= 15 is 0 Å². The zero-order valence-electron chi connectivity index (χ0n) is 29.4. The van der Waals surface area contributed by atoms with E-state index in [2.05, 4.69) is 6.07 Å². The Kier molecular flexibility index (Phi) is 7.95. The molecule has 0 aliphatic carbocycles. The van der Waals surface area contributed by atoms with Crippen LogP contribution in [0.5, 0.6) is 23.0 Å². The van der Waals surface area contributed by atoms with Gasteiger partial charge in [-0.15, -0.1) is 0 Å². The molecule has 53 heavy (non-hydrogen) atoms. The fraction of sp³-hybridized carbons (Fsp3) is 0.140. The van der Waals surface area contributed by atoms with Crippen molar-refractivity contribution in [1.29, 1.82) is 5.26 Å². The minimum absolute atomic E-state index is 0.316. The van der Waals surface area contributed by atoms with Crippen LogP contribution in [0.1, 0.15) is 16.7 Å². The summed E-state index contributed by atoms with van der Waals surface area (Å²) in [5, 5.41) is 13.9. The Hall–Kier alpha value is -6.60. The van der Waals surface area contributed by atoms with Crippen LogP contribution in [0.2, 0.25) is 0 Å². The van der Waals surface area contributed by atoms with Gasteiger partial charge in [0.25, 0.3) is 0 Å². The van der Waals surface area contributed by atoms with Crippen molar-refractivity contribution < 1.29 is 32.1 Å². The van der Waals surface area contributed by atoms with Crippen molar-refractivity contribution in [1.82, 2.24) is 9.13 Å². The number of halogens is 3. The Labute approximate surface area is 302 Å². The van der Waals surface area contributed by atoms with Gasteiger partial charge >= 0.3 is 6.18 Å². The van der Waals surface area contributed by atoms with Crippen LogP contribution in [0.3, 0.4) is 0 Å². The number of alkyl halides is 3. The van der Waals surface area contributed by atoms with E-state index in [1.54, 1.807) is 53.6 Å². The van der Waals surface area contributed by atoms with Crippen LogP contribution in [0.4, 0.5) is 13.2 Å². The van der Waals surface area contributed by atoms with Crippen molar-refractivity contribution in [2.24, 2.45) is 0 Å². The van der Waals surface area contributed by atoms with Gasteiger partial charge in [0.15, 0.2) is 0 Å². The zero-order chi connectivity index (χ0) is 37.2. The Morgan fingerprint density at radius 3 is 1.23 bits per heavy atom. The first-order chi connectivity index (χ1) is 25.6. The fourth-order valence-electron chi connectivity index (χ4n) is 7.41. The molecule has 0 fully saturated rings. The summed E-state index contributed by atoms with van der Waals surface area (Å²) in [6, 6.07) is 32.6. The minimum Gasteiger partial charge on any atom is -0.497 e. The van der Waals surface area contributed by atoms with Gasteiger partial charge in [-0.2, -0.15) is 18.4 Å². The molecule has 2 aromatic heterocycles. The van der Waals surface area contributed by atoms with E-state index in [4.69, 9.17) is 18.9 Å². The van der Waals surface area contributed by atoms with E-state index < -0.39 is 11.7 Å². The second-order valence-corrected chi connectivity index (χ2v) is 12.8. The second-order valence-electron chi connectivity index (χ2n) is 12.8. The average Bonchev–Trinajstić information content (AvgIpc) is 3.67. The molecular weight excluding hydrogens is 679 g/mol. The van der Waals surface area contributed by atoms with E-state index in [1.807, 2.05) is 81.9 Å². The number of aromatic nitrogens is 2. The highest BCUT2D eigenvalue weighted by Crippen LogP contribution is 2.45. The molecule has 0 N–H and O–H groups in total. The van der Waals surface area contributed by atoms with Crippen molar-refractivity contribution in [2.75, 3.05) is 28.4 Å². The first kappa shape index (κ1) is 33.5. The highest BCUT2D eigenvalue weighted by molar-refractivity contribution is 6.13. The topological polar surface area (TPSA) is 70.6 Å². The maximum atomic E-state index is 14.5. The molecule has 0 unspecified atom stereocenters. The molecule has 8 aromatic rings. The van der Waals surface area contributed by atoms with Crippen molar-refractivity contribution in [3.05, 3.63) is 120 Å². The van der Waals surface area contributed by atoms with Gasteiger partial charge in [0.1, 0.15) is 23.0 Å². The Bertz CT molecular complexity index is 2530. The Balaban J connectivity index is 1.60. The van der Waals surface area contributed by atoms with Gasteiger partial charge in [-0.25, -0.2) is 0 Å². The van der Waals surface area contributed by atoms with Crippen LogP contribution >= 0.6 is 0 Å². The summed E-state index contributed by atoms with van der Waals surface area (Å²) in [6.07, 6.45) is -4.60. The first-order valence-corrected chi connectivity index (χ1v) is 16.7. The third-order valence-corrected chi connectivity index (χ3v) is 9.76. The van der Waals surface area contributed by atoms with Crippen LogP contribution < -0.4 is 18.9 Å². The molecule has 7 nitrogen and oxygen atoms in total. The quantitative estimate of drug-likeness (QED) is 0.165. The largest absolute Gasteiger partial charge is 0.497 e. The third-order valence-electron chi connectivity index (χ3n) is 9.76. The van der Waals surface area contributed by atoms with Gasteiger partial charge in [-0.05, 0) is 115 Å². The smallest absolute Gasteiger partial charge is 0.416 e. The van der Waals surface area contributed by atoms with E-state index in [0.717, 1.165) is 49.7 Å². The van der Waals surface area contributed by atoms with Crippen molar-refractivity contribution in [3.8, 4) is 51.6 Å². The molecule has 0 aliphatic heterocycles. The van der Waals surface area contributed by atoms with Crippen LogP contribution in [0.15, 0.2) is 103 Å². The van der Waals surface area contributed by atoms with E-state index in [-0.39, 0.29) is 0 Å². The number of nitriles is 1. The molecule has 2 heterocycles. The van der Waals surface area contributed by atoms with Gasteiger partial charge in [0.2, 0.25) is 0 Å². The minimum atomic E-state index is -4.60. The summed E-state index contributed by atoms with van der Waals surface area (Å²) >= 11 is 0. The first-order valence-electron chi connectivity index (χ1n) is 16.7. The number of methoxy groups -OCH3 is 4. The summed E-state index contributed by atoms with van der Waals surface area (Å²) < 4.78 is 70.0. The molecule has 10 heteroatoms. The monoisotopic (exact) mass is 711 g/mol. The number of benzene rings is 6. The van der Waals surface area contributed by atoms with Gasteiger partial charge in [0.05, 0.1) is 79.1 Å². The second kappa shape index (κ2) is 12.6. The van der Waals surface area contributed by atoms with Crippen LogP contribution in [-0.4, -0.2) is 37.6 Å². The zero-order valence-corrected chi connectivity index (χ0v) is 29.4. The van der Waals surface area contributed by atoms with Gasteiger partial charge < -0.3 is 28.1 Å². The number of rotatable bonds is 7. The Morgan fingerprint density at radius 2 is 0.906 bits per heavy atom. The third kappa shape index (κ3) is 5.44. The summed E-state index contributed by atoms with van der Waals surface area (Å²) in [4.78, 5) is 0. The lowest BCUT2D eigenvalue weighted by atomic mass is 9.95. The molecule has 6 aromatic carbocycles. The maximum Gasteiger partial charge on any atom is 0.416 e. The van der Waals surface area contributed by atoms with E-state index in [9.17, 15) is 18.4 Å². The van der Waals surface area contributed by atoms with Gasteiger partial charge in [-0.1, -0.05) is 6.07 Å². The lowest BCUT2D eigenvalue weighted by molar-refractivity contribution is -0.137. The maximum absolute atomic E-state index is 14.5. The lowest BCUT2D eigenvalue weighted by Gasteiger charge is -2.22. The molecular formula is C43H32F3N3O4. The fourth-order valence-corrected chi connectivity index (χ4v) is 7.41. The molecule has 0 saturated heterocycles. The van der Waals surface area contributed by atoms with Crippen molar-refractivity contribution in [3.63, 3.8) is 0 Å². The summed E-state index contributed by atoms with van der Waals surface area (Å²) in [6.45, 7) is 1.65. The number of nitrogens with zero attached hydrogens (tertiary/aromatic N) is 3. The number of ether oxygens (including phenoxy) is 4. The molecule has 264 valence electrons. The van der Waals surface area contributed by atoms with Gasteiger partial charge in [-0.3, -0.25) is 0 Å². The molecule has 0 radical (unpaired) electrons. The molecule has 0 saturated carbocycles. The number of aryl methyl sites for hydroxylation is 1. The van der Waals surface area contributed by atoms with Gasteiger partial charge in [0, 0.05) is 27.1 Å². The lowest BCUT2D eigenvalue weighted by Crippen LogP contribution is -2.08. The summed E-state index contributed by atoms with van der Waals surface area (Å²) in [5.41, 5.74) is 4.88. The van der Waals surface area contributed by atoms with Crippen LogP contribution in [0.25, 0.3) is 66.1 Å². The van der Waals surface area contributed by atoms with E-state index in [1.165, 1.54) is 6.07 Å². The molecule has 8 rings (SSSR count). The highest BCUT2D eigenvalue weighted by atomic mass is 19.4. The molecule has 0 atom stereocenters. The summed E-state index contributed by atoms with van der Waals surface area (Å²) in [5.74, 6) is 2.54. The summed E-state index contributed by atoms with van der Waals surface area (Å²) in [7, 11) is 6.37. The van der Waals surface area contributed by atoms with Crippen molar-refractivity contribution >= 4 is 43.6 Å². The standard InChI is InChI=1S/C43H32F3N3O4/c1-24-14-26(18-27(15-24)43(44,45)46)42-40(48-36-10-6-28(50-2)19-32(36)33-20-29(51-3)7-11-37(33)48)16-25(23-47)17-41(42)49-38-12-8-30(52-4)21-34(38)35-22-31(53-5)9-13-39(35)49/h6-22H,1-5H3. The Morgan fingerprint density at radius 1 is 0.528 bits per heavy atom. The molecule has 0 amide bonds. The predicted octanol–water partition coefficient (Wildman–Crippen LogP) is 10.8. The highest BCUT2D eigenvalue weighted by Gasteiger charge is 2.32. The number of hydrogen-bond donors (Lipinski definition) is 0. The van der Waals surface area contributed by atoms with Crippen LogP contribution in [-0.2, 0) is 6.18 Å².